The van der Waals surface area contributed by atoms with Crippen LogP contribution in [0.25, 0.3) is 5.69 Å². The Labute approximate surface area is 159 Å². The number of carbonyl (C=O) groups excluding carboxylic acids is 1. The molecule has 0 aliphatic carbocycles. The number of hydrogen-bond acceptors (Lipinski definition) is 3. The number of carboxylic acids is 1. The van der Waals surface area contributed by atoms with E-state index in [-0.39, 0.29) is 5.91 Å². The number of carbonyl (C=O) groups is 2. The van der Waals surface area contributed by atoms with Gasteiger partial charge in [0, 0.05) is 29.9 Å². The lowest BCUT2D eigenvalue weighted by molar-refractivity contribution is -0.138. The Morgan fingerprint density at radius 1 is 1.11 bits per heavy atom. The average molecular weight is 369 g/mol. The van der Waals surface area contributed by atoms with Crippen molar-refractivity contribution >= 4 is 11.9 Å². The minimum absolute atomic E-state index is 0.0761. The third-order valence-corrected chi connectivity index (χ3v) is 5.40. The molecule has 0 spiro atoms. The summed E-state index contributed by atoms with van der Waals surface area (Å²) in [5.41, 5.74) is 3.85. The molecule has 6 nitrogen and oxygen atoms in total. The summed E-state index contributed by atoms with van der Waals surface area (Å²) in [6.45, 7) is 7.27. The number of aliphatic carboxylic acids is 1. The lowest BCUT2D eigenvalue weighted by atomic mass is 9.95. The molecule has 1 atom stereocenters. The van der Waals surface area contributed by atoms with Crippen molar-refractivity contribution in [3.05, 3.63) is 46.8 Å². The summed E-state index contributed by atoms with van der Waals surface area (Å²) in [6.07, 6.45) is 3.85. The summed E-state index contributed by atoms with van der Waals surface area (Å²) in [5.74, 6) is -1.31. The number of carboxylic acid groups (broad SMARTS) is 1. The van der Waals surface area contributed by atoms with Crippen LogP contribution in [-0.4, -0.2) is 44.8 Å². The van der Waals surface area contributed by atoms with Crippen LogP contribution in [0.2, 0.25) is 0 Å². The molecule has 1 amide bonds. The normalized spacial score (nSPS) is 15.6. The van der Waals surface area contributed by atoms with Gasteiger partial charge in [-0.15, -0.1) is 0 Å². The van der Waals surface area contributed by atoms with Gasteiger partial charge in [0.05, 0.1) is 17.3 Å². The van der Waals surface area contributed by atoms with E-state index in [1.807, 2.05) is 49.9 Å². The fourth-order valence-corrected chi connectivity index (χ4v) is 3.94. The number of piperidine rings is 1. The van der Waals surface area contributed by atoms with E-state index in [1.54, 1.807) is 4.68 Å². The molecule has 0 radical (unpaired) electrons. The molecule has 2 aromatic rings. The predicted molar refractivity (Wildman–Crippen MR) is 103 cm³/mol. The van der Waals surface area contributed by atoms with Gasteiger partial charge in [-0.3, -0.25) is 9.59 Å². The third-order valence-electron chi connectivity index (χ3n) is 5.40. The van der Waals surface area contributed by atoms with Gasteiger partial charge >= 0.3 is 5.97 Å². The first kappa shape index (κ1) is 19.1. The van der Waals surface area contributed by atoms with E-state index in [4.69, 9.17) is 0 Å². The molecule has 1 aromatic heterocycles. The molecule has 1 aromatic carbocycles. The Kier molecular flexibility index (Phi) is 5.63. The summed E-state index contributed by atoms with van der Waals surface area (Å²) in [5, 5.41) is 14.1. The van der Waals surface area contributed by atoms with Crippen LogP contribution in [0, 0.1) is 13.8 Å². The van der Waals surface area contributed by atoms with E-state index in [1.165, 1.54) is 6.42 Å². The molecule has 27 heavy (non-hydrogen) atoms. The maximum atomic E-state index is 12.6. The van der Waals surface area contributed by atoms with Crippen molar-refractivity contribution < 1.29 is 14.7 Å². The van der Waals surface area contributed by atoms with Crippen LogP contribution < -0.4 is 0 Å². The lowest BCUT2D eigenvalue weighted by Crippen LogP contribution is -2.35. The number of nitrogens with zero attached hydrogens (tertiary/aromatic N) is 3. The Balaban J connectivity index is 1.87. The molecule has 0 saturated carbocycles. The van der Waals surface area contributed by atoms with Gasteiger partial charge < -0.3 is 10.0 Å². The molecule has 3 rings (SSSR count). The highest BCUT2D eigenvalue weighted by Crippen LogP contribution is 2.28. The molecule has 0 bridgehead atoms. The largest absolute Gasteiger partial charge is 0.481 e. The van der Waals surface area contributed by atoms with Crippen LogP contribution >= 0.6 is 0 Å². The number of benzene rings is 1. The second kappa shape index (κ2) is 7.94. The van der Waals surface area contributed by atoms with Gasteiger partial charge in [-0.2, -0.15) is 5.10 Å². The summed E-state index contributed by atoms with van der Waals surface area (Å²) < 4.78 is 1.77. The average Bonchev–Trinajstić information content (AvgIpc) is 2.97. The summed E-state index contributed by atoms with van der Waals surface area (Å²) in [4.78, 5) is 26.1. The summed E-state index contributed by atoms with van der Waals surface area (Å²) in [6, 6.07) is 7.41. The van der Waals surface area contributed by atoms with E-state index in [0.29, 0.717) is 12.0 Å². The first-order valence-corrected chi connectivity index (χ1v) is 9.62. The SMILES string of the molecule is CCC(C(=O)O)c1c(C)nn(-c2ccc(C(=O)N3CCCCC3)cc2)c1C. The smallest absolute Gasteiger partial charge is 0.311 e. The highest BCUT2D eigenvalue weighted by atomic mass is 16.4. The zero-order chi connectivity index (χ0) is 19.6. The number of hydrogen-bond donors (Lipinski definition) is 1. The number of aryl methyl sites for hydroxylation is 1. The minimum atomic E-state index is -0.828. The van der Waals surface area contributed by atoms with Crippen molar-refractivity contribution in [1.29, 1.82) is 0 Å². The Morgan fingerprint density at radius 2 is 1.74 bits per heavy atom. The van der Waals surface area contributed by atoms with Crippen LogP contribution in [0.5, 0.6) is 0 Å². The molecule has 6 heteroatoms. The van der Waals surface area contributed by atoms with Crippen molar-refractivity contribution in [1.82, 2.24) is 14.7 Å². The Morgan fingerprint density at radius 3 is 2.30 bits per heavy atom. The zero-order valence-electron chi connectivity index (χ0n) is 16.2. The van der Waals surface area contributed by atoms with E-state index in [2.05, 4.69) is 5.10 Å². The maximum Gasteiger partial charge on any atom is 0.311 e. The van der Waals surface area contributed by atoms with Crippen LogP contribution in [0.15, 0.2) is 24.3 Å². The molecule has 1 N–H and O–H groups in total. The topological polar surface area (TPSA) is 75.4 Å². The Bertz CT molecular complexity index is 833. The summed E-state index contributed by atoms with van der Waals surface area (Å²) in [7, 11) is 0. The highest BCUT2D eigenvalue weighted by Gasteiger charge is 2.26. The molecule has 144 valence electrons. The fourth-order valence-electron chi connectivity index (χ4n) is 3.94. The zero-order valence-corrected chi connectivity index (χ0v) is 16.2. The number of rotatable bonds is 5. The lowest BCUT2D eigenvalue weighted by Gasteiger charge is -2.26. The van der Waals surface area contributed by atoms with E-state index in [9.17, 15) is 14.7 Å². The number of aromatic nitrogens is 2. The van der Waals surface area contributed by atoms with Crippen LogP contribution in [0.4, 0.5) is 0 Å². The van der Waals surface area contributed by atoms with Crippen molar-refractivity contribution in [2.45, 2.75) is 52.4 Å². The Hall–Kier alpha value is -2.63. The number of amides is 1. The molecule has 1 unspecified atom stereocenters. The van der Waals surface area contributed by atoms with E-state index in [0.717, 1.165) is 48.6 Å². The van der Waals surface area contributed by atoms with Gasteiger partial charge in [-0.1, -0.05) is 6.92 Å². The molecular formula is C21H27N3O3. The molecule has 1 saturated heterocycles. The first-order chi connectivity index (χ1) is 12.9. The standard InChI is InChI=1S/C21H27N3O3/c1-4-18(21(26)27)19-14(2)22-24(15(19)3)17-10-8-16(9-11-17)20(25)23-12-6-5-7-13-23/h8-11,18H,4-7,12-13H2,1-3H3,(H,26,27). The second-order valence-electron chi connectivity index (χ2n) is 7.20. The monoisotopic (exact) mass is 369 g/mol. The fraction of sp³-hybridized carbons (Fsp3) is 0.476. The van der Waals surface area contributed by atoms with Gasteiger partial charge in [0.25, 0.3) is 5.91 Å². The van der Waals surface area contributed by atoms with Crippen molar-refractivity contribution in [3.63, 3.8) is 0 Å². The van der Waals surface area contributed by atoms with Gasteiger partial charge in [0.2, 0.25) is 0 Å². The van der Waals surface area contributed by atoms with Crippen molar-refractivity contribution in [2.24, 2.45) is 0 Å². The second-order valence-corrected chi connectivity index (χ2v) is 7.20. The maximum absolute atomic E-state index is 12.6. The van der Waals surface area contributed by atoms with Crippen LogP contribution in [0.3, 0.4) is 0 Å². The quantitative estimate of drug-likeness (QED) is 0.872. The minimum Gasteiger partial charge on any atom is -0.481 e. The van der Waals surface area contributed by atoms with Crippen molar-refractivity contribution in [3.8, 4) is 5.69 Å². The molecular weight excluding hydrogens is 342 g/mol. The van der Waals surface area contributed by atoms with Gasteiger partial charge in [0.1, 0.15) is 0 Å². The summed E-state index contributed by atoms with van der Waals surface area (Å²) >= 11 is 0. The van der Waals surface area contributed by atoms with Gasteiger partial charge in [0.15, 0.2) is 0 Å². The van der Waals surface area contributed by atoms with Gasteiger partial charge in [-0.25, -0.2) is 4.68 Å². The van der Waals surface area contributed by atoms with Crippen LogP contribution in [0.1, 0.15) is 65.8 Å². The predicted octanol–water partition coefficient (Wildman–Crippen LogP) is 3.69. The molecule has 1 aliphatic heterocycles. The molecule has 2 heterocycles. The molecule has 1 fully saturated rings. The highest BCUT2D eigenvalue weighted by molar-refractivity contribution is 5.94. The third kappa shape index (κ3) is 3.75. The van der Waals surface area contributed by atoms with Crippen LogP contribution in [-0.2, 0) is 4.79 Å². The van der Waals surface area contributed by atoms with E-state index < -0.39 is 11.9 Å². The van der Waals surface area contributed by atoms with Crippen molar-refractivity contribution in [2.75, 3.05) is 13.1 Å². The molecule has 1 aliphatic rings. The first-order valence-electron chi connectivity index (χ1n) is 9.62. The van der Waals surface area contributed by atoms with Gasteiger partial charge in [-0.05, 0) is 63.8 Å². The number of likely N-dealkylation sites (tertiary alicyclic amines) is 1. The van der Waals surface area contributed by atoms with E-state index >= 15 is 0 Å².